The zero-order chi connectivity index (χ0) is 19.5. The molecule has 144 valence electrons. The largest absolute Gasteiger partial charge is 0.490 e. The summed E-state index contributed by atoms with van der Waals surface area (Å²) in [5.74, 6) is -3.05. The number of benzene rings is 1. The minimum absolute atomic E-state index is 0.0444. The molecule has 9 heteroatoms. The van der Waals surface area contributed by atoms with Crippen LogP contribution in [-0.4, -0.2) is 36.2 Å². The van der Waals surface area contributed by atoms with Crippen molar-refractivity contribution in [3.63, 3.8) is 0 Å². The number of hydrogen-bond acceptors (Lipinski definition) is 3. The SMILES string of the molecule is NC(=O)CC1CC2(CCNCC2)c2cc(F)ccc21.O=C(O)C(F)(F)F. The number of carboxylic acid groups (broad SMARTS) is 1. The third kappa shape index (κ3) is 4.51. The maximum absolute atomic E-state index is 13.6. The van der Waals surface area contributed by atoms with Crippen molar-refractivity contribution < 1.29 is 32.3 Å². The topological polar surface area (TPSA) is 92.4 Å². The number of amides is 1. The van der Waals surface area contributed by atoms with Gasteiger partial charge in [0.25, 0.3) is 0 Å². The Hall–Kier alpha value is -2.16. The molecule has 0 saturated carbocycles. The van der Waals surface area contributed by atoms with Crippen molar-refractivity contribution in [2.45, 2.75) is 43.2 Å². The number of primary amides is 1. The lowest BCUT2D eigenvalue weighted by molar-refractivity contribution is -0.192. The molecule has 0 bridgehead atoms. The Morgan fingerprint density at radius 1 is 1.27 bits per heavy atom. The van der Waals surface area contributed by atoms with Crippen molar-refractivity contribution >= 4 is 11.9 Å². The lowest BCUT2D eigenvalue weighted by Crippen LogP contribution is -2.38. The van der Waals surface area contributed by atoms with Crippen LogP contribution in [0.1, 0.15) is 42.7 Å². The Morgan fingerprint density at radius 3 is 2.35 bits per heavy atom. The average molecular weight is 376 g/mol. The van der Waals surface area contributed by atoms with Gasteiger partial charge in [0.2, 0.25) is 5.91 Å². The Bertz CT molecular complexity index is 685. The predicted octanol–water partition coefficient (Wildman–Crippen LogP) is 2.44. The molecule has 26 heavy (non-hydrogen) atoms. The van der Waals surface area contributed by atoms with Crippen LogP contribution in [0.15, 0.2) is 18.2 Å². The predicted molar refractivity (Wildman–Crippen MR) is 85.0 cm³/mol. The number of carboxylic acids is 1. The molecular weight excluding hydrogens is 356 g/mol. The number of rotatable bonds is 2. The van der Waals surface area contributed by atoms with Crippen LogP contribution < -0.4 is 11.1 Å². The van der Waals surface area contributed by atoms with Crippen LogP contribution in [0.3, 0.4) is 0 Å². The molecule has 1 saturated heterocycles. The standard InChI is InChI=1S/C15H19FN2O.C2HF3O2/c16-11-1-2-12-10(7-14(17)19)9-15(13(12)8-11)3-5-18-6-4-15;3-2(4,5)1(6)7/h1-2,8,10,18H,3-7,9H2,(H2,17,19);(H,6,7). The van der Waals surface area contributed by atoms with Crippen molar-refractivity contribution in [1.29, 1.82) is 0 Å². The van der Waals surface area contributed by atoms with E-state index in [2.05, 4.69) is 5.32 Å². The van der Waals surface area contributed by atoms with Crippen molar-refractivity contribution in [2.24, 2.45) is 5.73 Å². The molecule has 1 aliphatic heterocycles. The maximum atomic E-state index is 13.6. The highest BCUT2D eigenvalue weighted by molar-refractivity contribution is 5.75. The van der Waals surface area contributed by atoms with E-state index in [0.717, 1.165) is 43.5 Å². The number of halogens is 4. The summed E-state index contributed by atoms with van der Waals surface area (Å²) in [6.07, 6.45) is -1.76. The number of fused-ring (bicyclic) bond motifs is 2. The Labute approximate surface area is 147 Å². The van der Waals surface area contributed by atoms with Gasteiger partial charge < -0.3 is 16.2 Å². The van der Waals surface area contributed by atoms with Gasteiger partial charge in [0, 0.05) is 6.42 Å². The smallest absolute Gasteiger partial charge is 0.475 e. The summed E-state index contributed by atoms with van der Waals surface area (Å²) in [4.78, 5) is 20.1. The third-order valence-electron chi connectivity index (χ3n) is 4.91. The quantitative estimate of drug-likeness (QED) is 0.692. The summed E-state index contributed by atoms with van der Waals surface area (Å²) < 4.78 is 45.3. The number of aliphatic carboxylic acids is 1. The highest BCUT2D eigenvalue weighted by Gasteiger charge is 2.44. The molecule has 1 atom stereocenters. The lowest BCUT2D eigenvalue weighted by atomic mass is 9.73. The van der Waals surface area contributed by atoms with Gasteiger partial charge in [-0.2, -0.15) is 13.2 Å². The van der Waals surface area contributed by atoms with Gasteiger partial charge in [-0.1, -0.05) is 6.07 Å². The van der Waals surface area contributed by atoms with E-state index in [1.54, 1.807) is 6.07 Å². The molecule has 1 aromatic rings. The number of carbonyl (C=O) groups excluding carboxylic acids is 1. The van der Waals surface area contributed by atoms with Crippen LogP contribution in [-0.2, 0) is 15.0 Å². The minimum atomic E-state index is -5.08. The molecule has 0 radical (unpaired) electrons. The molecule has 5 nitrogen and oxygen atoms in total. The first kappa shape index (κ1) is 20.2. The Balaban J connectivity index is 0.000000298. The first-order valence-electron chi connectivity index (χ1n) is 8.14. The third-order valence-corrected chi connectivity index (χ3v) is 4.91. The van der Waals surface area contributed by atoms with Crippen LogP contribution in [0.2, 0.25) is 0 Å². The van der Waals surface area contributed by atoms with E-state index < -0.39 is 12.1 Å². The number of piperidine rings is 1. The summed E-state index contributed by atoms with van der Waals surface area (Å²) in [6.45, 7) is 1.92. The van der Waals surface area contributed by atoms with Gasteiger partial charge in [-0.3, -0.25) is 4.79 Å². The van der Waals surface area contributed by atoms with Gasteiger partial charge in [0.15, 0.2) is 0 Å². The average Bonchev–Trinajstić information content (AvgIpc) is 2.80. The molecule has 1 amide bonds. The summed E-state index contributed by atoms with van der Waals surface area (Å²) in [7, 11) is 0. The van der Waals surface area contributed by atoms with Crippen LogP contribution in [0, 0.1) is 5.82 Å². The van der Waals surface area contributed by atoms with E-state index in [9.17, 15) is 22.4 Å². The van der Waals surface area contributed by atoms with Gasteiger partial charge in [0.05, 0.1) is 0 Å². The highest BCUT2D eigenvalue weighted by Crippen LogP contribution is 2.52. The monoisotopic (exact) mass is 376 g/mol. The van der Waals surface area contributed by atoms with Crippen LogP contribution >= 0.6 is 0 Å². The molecule has 1 unspecified atom stereocenters. The molecule has 1 heterocycles. The normalized spacial score (nSPS) is 20.8. The zero-order valence-corrected chi connectivity index (χ0v) is 13.9. The molecule has 0 aromatic heterocycles. The van der Waals surface area contributed by atoms with Crippen molar-refractivity contribution in [2.75, 3.05) is 13.1 Å². The van der Waals surface area contributed by atoms with Gasteiger partial charge in [-0.05, 0) is 66.9 Å². The van der Waals surface area contributed by atoms with Crippen LogP contribution in [0.5, 0.6) is 0 Å². The van der Waals surface area contributed by atoms with E-state index in [0.29, 0.717) is 6.42 Å². The van der Waals surface area contributed by atoms with Gasteiger partial charge in [-0.15, -0.1) is 0 Å². The maximum Gasteiger partial charge on any atom is 0.490 e. The fraction of sp³-hybridized carbons (Fsp3) is 0.529. The van der Waals surface area contributed by atoms with E-state index >= 15 is 0 Å². The fourth-order valence-corrected chi connectivity index (χ4v) is 3.84. The van der Waals surface area contributed by atoms with E-state index in [1.165, 1.54) is 6.07 Å². The summed E-state index contributed by atoms with van der Waals surface area (Å²) in [6, 6.07) is 5.00. The van der Waals surface area contributed by atoms with Crippen molar-refractivity contribution in [3.8, 4) is 0 Å². The molecule has 1 fully saturated rings. The molecule has 2 aliphatic rings. The van der Waals surface area contributed by atoms with E-state index in [4.69, 9.17) is 15.6 Å². The summed E-state index contributed by atoms with van der Waals surface area (Å²) >= 11 is 0. The zero-order valence-electron chi connectivity index (χ0n) is 13.9. The first-order valence-corrected chi connectivity index (χ1v) is 8.14. The molecule has 1 spiro atoms. The lowest BCUT2D eigenvalue weighted by Gasteiger charge is -2.35. The number of alkyl halides is 3. The van der Waals surface area contributed by atoms with Gasteiger partial charge in [-0.25, -0.2) is 9.18 Å². The second-order valence-corrected chi connectivity index (χ2v) is 6.64. The number of hydrogen-bond donors (Lipinski definition) is 3. The molecule has 1 aromatic carbocycles. The van der Waals surface area contributed by atoms with Gasteiger partial charge in [0.1, 0.15) is 5.82 Å². The highest BCUT2D eigenvalue weighted by atomic mass is 19.4. The van der Waals surface area contributed by atoms with Crippen LogP contribution in [0.25, 0.3) is 0 Å². The Kier molecular flexibility index (Phi) is 5.90. The summed E-state index contributed by atoms with van der Waals surface area (Å²) in [5, 5.41) is 10.5. The van der Waals surface area contributed by atoms with Crippen molar-refractivity contribution in [3.05, 3.63) is 35.1 Å². The molecule has 1 aliphatic carbocycles. The van der Waals surface area contributed by atoms with Crippen molar-refractivity contribution in [1.82, 2.24) is 5.32 Å². The summed E-state index contributed by atoms with van der Waals surface area (Å²) in [5.41, 5.74) is 7.63. The fourth-order valence-electron chi connectivity index (χ4n) is 3.84. The molecule has 3 rings (SSSR count). The number of nitrogens with two attached hydrogens (primary N) is 1. The van der Waals surface area contributed by atoms with E-state index in [1.807, 2.05) is 6.07 Å². The van der Waals surface area contributed by atoms with Gasteiger partial charge >= 0.3 is 12.1 Å². The van der Waals surface area contributed by atoms with E-state index in [-0.39, 0.29) is 23.1 Å². The number of nitrogens with one attached hydrogen (secondary N) is 1. The molecule has 4 N–H and O–H groups in total. The second kappa shape index (κ2) is 7.61. The minimum Gasteiger partial charge on any atom is -0.475 e. The van der Waals surface area contributed by atoms with Crippen LogP contribution in [0.4, 0.5) is 17.6 Å². The second-order valence-electron chi connectivity index (χ2n) is 6.64. The Morgan fingerprint density at radius 2 is 1.85 bits per heavy atom. The first-order chi connectivity index (χ1) is 12.0. The molecular formula is C17H20F4N2O3. The number of carbonyl (C=O) groups is 2.